The number of hydrogen-bond acceptors (Lipinski definition) is 2. The van der Waals surface area contributed by atoms with Crippen molar-refractivity contribution in [1.82, 2.24) is 4.90 Å². The SMILES string of the molecule is O=C(Cc1ccc(C(F)(F)F)c(F)c1)Nc1c(Cl)ccc2c1CCN(C(=O)CCC1CCCCC1)C2. The maximum Gasteiger partial charge on any atom is 0.419 e. The van der Waals surface area contributed by atoms with Crippen LogP contribution in [0.3, 0.4) is 0 Å². The van der Waals surface area contributed by atoms with Crippen molar-refractivity contribution in [3.63, 3.8) is 0 Å². The summed E-state index contributed by atoms with van der Waals surface area (Å²) in [5.74, 6) is -1.17. The molecule has 36 heavy (non-hydrogen) atoms. The molecule has 0 saturated heterocycles. The number of anilines is 1. The highest BCUT2D eigenvalue weighted by Gasteiger charge is 2.34. The number of amides is 2. The molecule has 9 heteroatoms. The van der Waals surface area contributed by atoms with Gasteiger partial charge in [0, 0.05) is 19.5 Å². The topological polar surface area (TPSA) is 49.4 Å². The summed E-state index contributed by atoms with van der Waals surface area (Å²) in [6, 6.07) is 5.95. The minimum absolute atomic E-state index is 0.119. The molecule has 0 spiro atoms. The Hall–Kier alpha value is -2.61. The number of hydrogen-bond donors (Lipinski definition) is 1. The average molecular weight is 525 g/mol. The van der Waals surface area contributed by atoms with Gasteiger partial charge in [-0.25, -0.2) is 4.39 Å². The largest absolute Gasteiger partial charge is 0.419 e. The number of rotatable bonds is 6. The maximum atomic E-state index is 13.9. The number of benzene rings is 2. The Morgan fingerprint density at radius 3 is 2.53 bits per heavy atom. The van der Waals surface area contributed by atoms with Gasteiger partial charge < -0.3 is 10.2 Å². The lowest BCUT2D eigenvalue weighted by Crippen LogP contribution is -2.36. The van der Waals surface area contributed by atoms with E-state index in [9.17, 15) is 27.2 Å². The van der Waals surface area contributed by atoms with Gasteiger partial charge in [0.25, 0.3) is 0 Å². The Morgan fingerprint density at radius 1 is 1.08 bits per heavy atom. The molecule has 0 unspecified atom stereocenters. The lowest BCUT2D eigenvalue weighted by atomic mass is 9.86. The van der Waals surface area contributed by atoms with Gasteiger partial charge in [-0.2, -0.15) is 13.2 Å². The first-order valence-corrected chi connectivity index (χ1v) is 12.7. The minimum Gasteiger partial charge on any atom is -0.338 e. The van der Waals surface area contributed by atoms with Crippen molar-refractivity contribution in [2.45, 2.75) is 70.5 Å². The molecule has 1 aliphatic carbocycles. The fourth-order valence-electron chi connectivity index (χ4n) is 5.20. The first kappa shape index (κ1) is 26.5. The quantitative estimate of drug-likeness (QED) is 0.417. The van der Waals surface area contributed by atoms with Crippen LogP contribution in [-0.4, -0.2) is 23.3 Å². The molecule has 2 aromatic carbocycles. The smallest absolute Gasteiger partial charge is 0.338 e. The van der Waals surface area contributed by atoms with Crippen LogP contribution in [0, 0.1) is 11.7 Å². The summed E-state index contributed by atoms with van der Waals surface area (Å²) >= 11 is 6.36. The van der Waals surface area contributed by atoms with Crippen molar-refractivity contribution >= 4 is 29.1 Å². The predicted molar refractivity (Wildman–Crippen MR) is 130 cm³/mol. The highest BCUT2D eigenvalue weighted by atomic mass is 35.5. The van der Waals surface area contributed by atoms with Gasteiger partial charge in [0.2, 0.25) is 11.8 Å². The van der Waals surface area contributed by atoms with E-state index >= 15 is 0 Å². The number of fused-ring (bicyclic) bond motifs is 1. The van der Waals surface area contributed by atoms with E-state index in [-0.39, 0.29) is 17.9 Å². The van der Waals surface area contributed by atoms with Crippen LogP contribution >= 0.6 is 11.6 Å². The van der Waals surface area contributed by atoms with Crippen LogP contribution in [-0.2, 0) is 35.2 Å². The Labute approximate surface area is 213 Å². The molecule has 4 rings (SSSR count). The second-order valence-corrected chi connectivity index (χ2v) is 10.1. The number of carbonyl (C=O) groups is 2. The van der Waals surface area contributed by atoms with Gasteiger partial charge in [-0.15, -0.1) is 0 Å². The van der Waals surface area contributed by atoms with Crippen molar-refractivity contribution < 1.29 is 27.2 Å². The van der Waals surface area contributed by atoms with Crippen molar-refractivity contribution in [3.8, 4) is 0 Å². The van der Waals surface area contributed by atoms with E-state index in [1.807, 2.05) is 11.0 Å². The molecule has 2 aliphatic rings. The predicted octanol–water partition coefficient (Wildman–Crippen LogP) is 6.92. The Balaban J connectivity index is 1.39. The van der Waals surface area contributed by atoms with Gasteiger partial charge in [-0.05, 0) is 53.6 Å². The summed E-state index contributed by atoms with van der Waals surface area (Å²) in [5.41, 5.74) is 0.914. The average Bonchev–Trinajstić information content (AvgIpc) is 2.84. The monoisotopic (exact) mass is 524 g/mol. The molecule has 1 heterocycles. The first-order valence-electron chi connectivity index (χ1n) is 12.4. The highest BCUT2D eigenvalue weighted by Crippen LogP contribution is 2.34. The Kier molecular flexibility index (Phi) is 8.23. The molecule has 1 N–H and O–H groups in total. The molecule has 0 bridgehead atoms. The molecule has 1 aliphatic heterocycles. The van der Waals surface area contributed by atoms with E-state index < -0.39 is 23.5 Å². The number of nitrogens with zero attached hydrogens (tertiary/aromatic N) is 1. The van der Waals surface area contributed by atoms with E-state index in [1.54, 1.807) is 6.07 Å². The van der Waals surface area contributed by atoms with Gasteiger partial charge in [0.1, 0.15) is 5.82 Å². The van der Waals surface area contributed by atoms with E-state index in [4.69, 9.17) is 11.6 Å². The van der Waals surface area contributed by atoms with Crippen LogP contribution in [0.1, 0.15) is 67.2 Å². The summed E-state index contributed by atoms with van der Waals surface area (Å²) in [4.78, 5) is 27.3. The van der Waals surface area contributed by atoms with Crippen molar-refractivity contribution in [3.05, 3.63) is 63.4 Å². The van der Waals surface area contributed by atoms with Gasteiger partial charge >= 0.3 is 6.18 Å². The zero-order chi connectivity index (χ0) is 25.9. The minimum atomic E-state index is -4.80. The van der Waals surface area contributed by atoms with Crippen LogP contribution in [0.2, 0.25) is 5.02 Å². The number of nitrogens with one attached hydrogen (secondary N) is 1. The lowest BCUT2D eigenvalue weighted by molar-refractivity contribution is -0.140. The van der Waals surface area contributed by atoms with E-state index in [0.717, 1.165) is 29.7 Å². The molecule has 1 fully saturated rings. The molecular formula is C27H29ClF4N2O2. The normalized spacial score (nSPS) is 16.5. The van der Waals surface area contributed by atoms with Crippen LogP contribution in [0.25, 0.3) is 0 Å². The number of carbonyl (C=O) groups excluding carboxylic acids is 2. The second-order valence-electron chi connectivity index (χ2n) is 9.70. The zero-order valence-corrected chi connectivity index (χ0v) is 20.7. The summed E-state index contributed by atoms with van der Waals surface area (Å²) in [6.07, 6.45) is 3.08. The van der Waals surface area contributed by atoms with Crippen LogP contribution in [0.5, 0.6) is 0 Å². The summed E-state index contributed by atoms with van der Waals surface area (Å²) in [5, 5.41) is 3.08. The van der Waals surface area contributed by atoms with Gasteiger partial charge in [-0.1, -0.05) is 55.8 Å². The van der Waals surface area contributed by atoms with E-state index in [2.05, 4.69) is 5.32 Å². The molecule has 0 atom stereocenters. The molecule has 2 amide bonds. The number of alkyl halides is 3. The molecule has 0 aromatic heterocycles. The van der Waals surface area contributed by atoms with Crippen LogP contribution < -0.4 is 5.32 Å². The van der Waals surface area contributed by atoms with Crippen LogP contribution in [0.4, 0.5) is 23.2 Å². The van der Waals surface area contributed by atoms with E-state index in [0.29, 0.717) is 48.6 Å². The third-order valence-electron chi connectivity index (χ3n) is 7.16. The Morgan fingerprint density at radius 2 is 1.83 bits per heavy atom. The van der Waals surface area contributed by atoms with Crippen molar-refractivity contribution in [1.29, 1.82) is 0 Å². The first-order chi connectivity index (χ1) is 17.1. The Bertz CT molecular complexity index is 1130. The van der Waals surface area contributed by atoms with Gasteiger partial charge in [0.15, 0.2) is 0 Å². The van der Waals surface area contributed by atoms with Crippen molar-refractivity contribution in [2.24, 2.45) is 5.92 Å². The van der Waals surface area contributed by atoms with Gasteiger partial charge in [0.05, 0.1) is 22.7 Å². The summed E-state index contributed by atoms with van der Waals surface area (Å²) in [7, 11) is 0. The molecule has 0 radical (unpaired) electrons. The molecular weight excluding hydrogens is 496 g/mol. The fraction of sp³-hybridized carbons (Fsp3) is 0.481. The van der Waals surface area contributed by atoms with Crippen LogP contribution in [0.15, 0.2) is 30.3 Å². The van der Waals surface area contributed by atoms with Crippen molar-refractivity contribution in [2.75, 3.05) is 11.9 Å². The van der Waals surface area contributed by atoms with E-state index in [1.165, 1.54) is 32.1 Å². The fourth-order valence-corrected chi connectivity index (χ4v) is 5.43. The molecule has 194 valence electrons. The lowest BCUT2D eigenvalue weighted by Gasteiger charge is -2.31. The third kappa shape index (κ3) is 6.38. The standard InChI is InChI=1S/C27H29ClF4N2O2/c28-22-10-8-19-16-34(25(36)11-7-17-4-2-1-3-5-17)13-12-20(19)26(22)33-24(35)15-18-6-9-21(23(29)14-18)27(30,31)32/h6,8-10,14,17H,1-5,7,11-13,15-16H2,(H,33,35). The molecule has 4 nitrogen and oxygen atoms in total. The summed E-state index contributed by atoms with van der Waals surface area (Å²) in [6.45, 7) is 0.951. The maximum absolute atomic E-state index is 13.9. The molecule has 1 saturated carbocycles. The third-order valence-corrected chi connectivity index (χ3v) is 7.48. The molecule has 2 aromatic rings. The number of halogens is 5. The zero-order valence-electron chi connectivity index (χ0n) is 19.9. The summed E-state index contributed by atoms with van der Waals surface area (Å²) < 4.78 is 52.2. The van der Waals surface area contributed by atoms with Gasteiger partial charge in [-0.3, -0.25) is 9.59 Å². The second kappa shape index (κ2) is 11.2. The highest BCUT2D eigenvalue weighted by molar-refractivity contribution is 6.34.